The zero-order chi connectivity index (χ0) is 19.8. The molecule has 1 aromatic rings. The molecule has 1 aromatic heterocycles. The lowest BCUT2D eigenvalue weighted by Gasteiger charge is -2.40. The van der Waals surface area contributed by atoms with Crippen molar-refractivity contribution in [2.75, 3.05) is 44.6 Å². The lowest BCUT2D eigenvalue weighted by Crippen LogP contribution is -2.58. The number of aromatic nitrogens is 2. The highest BCUT2D eigenvalue weighted by Crippen LogP contribution is 2.19. The van der Waals surface area contributed by atoms with Gasteiger partial charge in [-0.1, -0.05) is 0 Å². The van der Waals surface area contributed by atoms with E-state index in [0.29, 0.717) is 32.0 Å². The van der Waals surface area contributed by atoms with E-state index < -0.39 is 10.2 Å². The van der Waals surface area contributed by atoms with E-state index in [0.717, 1.165) is 5.69 Å². The van der Waals surface area contributed by atoms with E-state index in [1.54, 1.807) is 22.7 Å². The maximum Gasteiger partial charge on any atom is 0.323 e. The molecule has 0 aliphatic carbocycles. The third kappa shape index (κ3) is 4.42. The van der Waals surface area contributed by atoms with Crippen molar-refractivity contribution in [2.24, 2.45) is 7.05 Å². The Kier molecular flexibility index (Phi) is 5.75. The molecular formula is C16H28N6O4S. The van der Waals surface area contributed by atoms with Crippen molar-refractivity contribution in [3.05, 3.63) is 11.8 Å². The smallest absolute Gasteiger partial charge is 0.323 e. The van der Waals surface area contributed by atoms with Gasteiger partial charge in [-0.15, -0.1) is 0 Å². The van der Waals surface area contributed by atoms with Crippen LogP contribution >= 0.6 is 0 Å². The summed E-state index contributed by atoms with van der Waals surface area (Å²) in [5.41, 5.74) is 0.817. The van der Waals surface area contributed by atoms with Crippen molar-refractivity contribution in [1.29, 1.82) is 0 Å². The zero-order valence-electron chi connectivity index (χ0n) is 16.3. The van der Waals surface area contributed by atoms with Crippen LogP contribution in [0.2, 0.25) is 0 Å². The summed E-state index contributed by atoms with van der Waals surface area (Å²) in [6.07, 6.45) is -0.254. The molecule has 1 N–H and O–H groups in total. The largest absolute Gasteiger partial charge is 0.373 e. The zero-order valence-corrected chi connectivity index (χ0v) is 17.1. The quantitative estimate of drug-likeness (QED) is 0.783. The summed E-state index contributed by atoms with van der Waals surface area (Å²) in [6, 6.07) is 1.54. The van der Waals surface area contributed by atoms with Gasteiger partial charge in [0.25, 0.3) is 10.2 Å². The van der Waals surface area contributed by atoms with E-state index in [4.69, 9.17) is 4.74 Å². The standard InChI is InChI=1S/C16H28N6O4S/c1-12-9-15(19(4)18-12)17-16(23)20-5-7-21(8-6-20)27(24,25)22-10-13(2)26-14(3)11-22/h9,13-14H,5-8,10-11H2,1-4H3,(H,17,23). The van der Waals surface area contributed by atoms with Crippen LogP contribution in [0.3, 0.4) is 0 Å². The van der Waals surface area contributed by atoms with Crippen LogP contribution in [-0.2, 0) is 22.0 Å². The van der Waals surface area contributed by atoms with Gasteiger partial charge in [-0.25, -0.2) is 4.79 Å². The van der Waals surface area contributed by atoms with E-state index in [1.165, 1.54) is 8.61 Å². The van der Waals surface area contributed by atoms with Gasteiger partial charge in [0.2, 0.25) is 0 Å². The lowest BCUT2D eigenvalue weighted by atomic mass is 10.3. The van der Waals surface area contributed by atoms with Crippen LogP contribution in [0.4, 0.5) is 10.6 Å². The SMILES string of the molecule is Cc1cc(NC(=O)N2CCN(S(=O)(=O)N3CC(C)OC(C)C3)CC2)n(C)n1. The van der Waals surface area contributed by atoms with Crippen LogP contribution in [0.1, 0.15) is 19.5 Å². The number of urea groups is 1. The molecule has 3 rings (SSSR count). The highest BCUT2D eigenvalue weighted by atomic mass is 32.2. The van der Waals surface area contributed by atoms with Crippen molar-refractivity contribution < 1.29 is 17.9 Å². The molecule has 27 heavy (non-hydrogen) atoms. The number of hydrogen-bond acceptors (Lipinski definition) is 5. The molecule has 2 aliphatic rings. The number of carbonyl (C=O) groups excluding carboxylic acids is 1. The monoisotopic (exact) mass is 400 g/mol. The summed E-state index contributed by atoms with van der Waals surface area (Å²) in [6.45, 7) is 7.56. The molecule has 3 heterocycles. The summed E-state index contributed by atoms with van der Waals surface area (Å²) >= 11 is 0. The number of ether oxygens (including phenoxy) is 1. The highest BCUT2D eigenvalue weighted by Gasteiger charge is 2.37. The first-order chi connectivity index (χ1) is 12.7. The Labute approximate surface area is 160 Å². The van der Waals surface area contributed by atoms with Crippen molar-refractivity contribution in [2.45, 2.75) is 33.0 Å². The molecule has 2 saturated heterocycles. The van der Waals surface area contributed by atoms with Crippen molar-refractivity contribution in [3.8, 4) is 0 Å². The van der Waals surface area contributed by atoms with Gasteiger partial charge in [-0.2, -0.15) is 22.1 Å². The fourth-order valence-electron chi connectivity index (χ4n) is 3.52. The number of hydrogen-bond donors (Lipinski definition) is 1. The van der Waals surface area contributed by atoms with E-state index in [-0.39, 0.29) is 31.3 Å². The number of carbonyl (C=O) groups is 1. The summed E-state index contributed by atoms with van der Waals surface area (Å²) in [5.74, 6) is 0.615. The fourth-order valence-corrected chi connectivity index (χ4v) is 5.27. The molecule has 152 valence electrons. The minimum Gasteiger partial charge on any atom is -0.373 e. The van der Waals surface area contributed by atoms with E-state index in [9.17, 15) is 13.2 Å². The van der Waals surface area contributed by atoms with Gasteiger partial charge < -0.3 is 9.64 Å². The van der Waals surface area contributed by atoms with Gasteiger partial charge in [0.1, 0.15) is 5.82 Å². The maximum absolute atomic E-state index is 12.9. The van der Waals surface area contributed by atoms with Gasteiger partial charge in [0, 0.05) is 52.4 Å². The second-order valence-corrected chi connectivity index (χ2v) is 9.12. The first-order valence-corrected chi connectivity index (χ1v) is 10.5. The molecule has 0 aromatic carbocycles. The minimum absolute atomic E-state index is 0.127. The van der Waals surface area contributed by atoms with Crippen LogP contribution in [0, 0.1) is 6.92 Å². The van der Waals surface area contributed by atoms with E-state index in [1.807, 2.05) is 20.8 Å². The summed E-state index contributed by atoms with van der Waals surface area (Å²) in [7, 11) is -1.79. The lowest BCUT2D eigenvalue weighted by molar-refractivity contribution is -0.0456. The van der Waals surface area contributed by atoms with Crippen LogP contribution in [-0.4, -0.2) is 89.2 Å². The van der Waals surface area contributed by atoms with Crippen molar-refractivity contribution >= 4 is 22.1 Å². The summed E-state index contributed by atoms with van der Waals surface area (Å²) in [4.78, 5) is 14.1. The van der Waals surface area contributed by atoms with Gasteiger partial charge >= 0.3 is 6.03 Å². The van der Waals surface area contributed by atoms with Crippen LogP contribution in [0.25, 0.3) is 0 Å². The fraction of sp³-hybridized carbons (Fsp3) is 0.750. The summed E-state index contributed by atoms with van der Waals surface area (Å²) < 4.78 is 36.0. The number of nitrogens with zero attached hydrogens (tertiary/aromatic N) is 5. The first kappa shape index (κ1) is 20.1. The predicted octanol–water partition coefficient (Wildman–Crippen LogP) is 0.232. The van der Waals surface area contributed by atoms with Crippen LogP contribution < -0.4 is 5.32 Å². The Hall–Kier alpha value is -1.69. The van der Waals surface area contributed by atoms with Gasteiger partial charge in [-0.05, 0) is 20.8 Å². The third-order valence-electron chi connectivity index (χ3n) is 4.80. The second-order valence-electron chi connectivity index (χ2n) is 7.19. The molecule has 10 nitrogen and oxygen atoms in total. The van der Waals surface area contributed by atoms with E-state index >= 15 is 0 Å². The number of amides is 2. The first-order valence-electron chi connectivity index (χ1n) is 9.14. The Balaban J connectivity index is 1.58. The predicted molar refractivity (Wildman–Crippen MR) is 101 cm³/mol. The number of nitrogens with one attached hydrogen (secondary N) is 1. The topological polar surface area (TPSA) is 100 Å². The number of piperazine rings is 1. The Bertz CT molecular complexity index is 777. The summed E-state index contributed by atoms with van der Waals surface area (Å²) in [5, 5.41) is 7.02. The molecule has 2 atom stereocenters. The molecule has 2 fully saturated rings. The molecule has 2 aliphatic heterocycles. The average Bonchev–Trinajstić information content (AvgIpc) is 2.91. The molecule has 0 radical (unpaired) electrons. The average molecular weight is 401 g/mol. The van der Waals surface area contributed by atoms with Gasteiger partial charge in [-0.3, -0.25) is 10.00 Å². The van der Waals surface area contributed by atoms with Crippen molar-refractivity contribution in [3.63, 3.8) is 0 Å². The Morgan fingerprint density at radius 3 is 2.26 bits per heavy atom. The minimum atomic E-state index is -3.55. The van der Waals surface area contributed by atoms with E-state index in [2.05, 4.69) is 10.4 Å². The number of aryl methyl sites for hydroxylation is 2. The molecule has 0 spiro atoms. The molecule has 0 saturated carbocycles. The highest BCUT2D eigenvalue weighted by molar-refractivity contribution is 7.86. The van der Waals surface area contributed by atoms with Gasteiger partial charge in [0.15, 0.2) is 0 Å². The van der Waals surface area contributed by atoms with Crippen LogP contribution in [0.5, 0.6) is 0 Å². The Morgan fingerprint density at radius 1 is 1.15 bits per heavy atom. The number of rotatable bonds is 3. The molecule has 2 unspecified atom stereocenters. The molecule has 2 amide bonds. The third-order valence-corrected chi connectivity index (χ3v) is 6.77. The Morgan fingerprint density at radius 2 is 1.74 bits per heavy atom. The van der Waals surface area contributed by atoms with Crippen LogP contribution in [0.15, 0.2) is 6.07 Å². The second kappa shape index (κ2) is 7.74. The normalized spacial score (nSPS) is 25.6. The molecule has 11 heteroatoms. The maximum atomic E-state index is 12.9. The molecule has 0 bridgehead atoms. The molecular weight excluding hydrogens is 372 g/mol. The van der Waals surface area contributed by atoms with Crippen molar-refractivity contribution in [1.82, 2.24) is 23.3 Å². The number of anilines is 1. The number of morpholine rings is 1. The van der Waals surface area contributed by atoms with Gasteiger partial charge in [0.05, 0.1) is 17.9 Å².